The van der Waals surface area contributed by atoms with Crippen LogP contribution >= 0.6 is 0 Å². The molecule has 2 aromatic carbocycles. The van der Waals surface area contributed by atoms with E-state index in [0.29, 0.717) is 6.42 Å². The SMILES string of the molecule is CCC(C)(O)c1cn(-c2ccccc2C)c2ccccc12. The Morgan fingerprint density at radius 2 is 1.71 bits per heavy atom. The zero-order valence-corrected chi connectivity index (χ0v) is 12.8. The first kappa shape index (κ1) is 13.9. The monoisotopic (exact) mass is 279 g/mol. The number of aliphatic hydroxyl groups is 1. The zero-order valence-electron chi connectivity index (χ0n) is 12.8. The van der Waals surface area contributed by atoms with Gasteiger partial charge >= 0.3 is 0 Å². The summed E-state index contributed by atoms with van der Waals surface area (Å²) in [7, 11) is 0. The van der Waals surface area contributed by atoms with Crippen LogP contribution in [0, 0.1) is 6.92 Å². The predicted molar refractivity (Wildman–Crippen MR) is 87.9 cm³/mol. The van der Waals surface area contributed by atoms with Crippen molar-refractivity contribution >= 4 is 10.9 Å². The molecule has 0 radical (unpaired) electrons. The highest BCUT2D eigenvalue weighted by atomic mass is 16.3. The van der Waals surface area contributed by atoms with Crippen LogP contribution in [0.4, 0.5) is 0 Å². The maximum Gasteiger partial charge on any atom is 0.0886 e. The lowest BCUT2D eigenvalue weighted by molar-refractivity contribution is 0.0545. The molecule has 3 rings (SSSR count). The van der Waals surface area contributed by atoms with Gasteiger partial charge in [0.25, 0.3) is 0 Å². The van der Waals surface area contributed by atoms with Crippen molar-refractivity contribution in [1.82, 2.24) is 4.57 Å². The minimum Gasteiger partial charge on any atom is -0.385 e. The number of fused-ring (bicyclic) bond motifs is 1. The van der Waals surface area contributed by atoms with E-state index in [1.807, 2.05) is 32.0 Å². The number of nitrogens with zero attached hydrogens (tertiary/aromatic N) is 1. The average molecular weight is 279 g/mol. The summed E-state index contributed by atoms with van der Waals surface area (Å²) in [6.45, 7) is 6.01. The molecule has 3 aromatic rings. The zero-order chi connectivity index (χ0) is 15.0. The number of hydrogen-bond donors (Lipinski definition) is 1. The third-order valence-electron chi connectivity index (χ3n) is 4.36. The lowest BCUT2D eigenvalue weighted by Crippen LogP contribution is -2.19. The van der Waals surface area contributed by atoms with Crippen molar-refractivity contribution in [3.63, 3.8) is 0 Å². The molecule has 0 spiro atoms. The minimum absolute atomic E-state index is 0.689. The molecule has 2 heteroatoms. The second-order valence-electron chi connectivity index (χ2n) is 5.84. The maximum absolute atomic E-state index is 10.7. The highest BCUT2D eigenvalue weighted by molar-refractivity contribution is 5.86. The maximum atomic E-state index is 10.7. The Morgan fingerprint density at radius 3 is 2.43 bits per heavy atom. The molecule has 2 nitrogen and oxygen atoms in total. The molecule has 1 aromatic heterocycles. The number of hydrogen-bond acceptors (Lipinski definition) is 1. The van der Waals surface area contributed by atoms with E-state index in [2.05, 4.69) is 48.0 Å². The van der Waals surface area contributed by atoms with E-state index in [4.69, 9.17) is 0 Å². The molecule has 0 aliphatic heterocycles. The van der Waals surface area contributed by atoms with Crippen LogP contribution in [0.15, 0.2) is 54.7 Å². The van der Waals surface area contributed by atoms with Gasteiger partial charge in [0, 0.05) is 22.8 Å². The van der Waals surface area contributed by atoms with Crippen LogP contribution in [0.5, 0.6) is 0 Å². The molecule has 1 unspecified atom stereocenters. The van der Waals surface area contributed by atoms with E-state index in [9.17, 15) is 5.11 Å². The standard InChI is InChI=1S/C19H21NO/c1-4-19(3,21)16-13-20(17-11-7-5-9-14(17)2)18-12-8-6-10-15(16)18/h5-13,21H,4H2,1-3H3. The Labute approximate surface area is 125 Å². The van der Waals surface area contributed by atoms with Crippen molar-refractivity contribution in [3.05, 3.63) is 65.9 Å². The molecule has 0 saturated heterocycles. The summed E-state index contributed by atoms with van der Waals surface area (Å²) in [6.07, 6.45) is 2.77. The van der Waals surface area contributed by atoms with Crippen LogP contribution in [0.1, 0.15) is 31.4 Å². The first-order valence-corrected chi connectivity index (χ1v) is 7.43. The van der Waals surface area contributed by atoms with Crippen molar-refractivity contribution in [2.24, 2.45) is 0 Å². The quantitative estimate of drug-likeness (QED) is 0.747. The molecule has 0 saturated carbocycles. The highest BCUT2D eigenvalue weighted by Gasteiger charge is 2.25. The Balaban J connectivity index is 2.33. The van der Waals surface area contributed by atoms with Gasteiger partial charge in [0.2, 0.25) is 0 Å². The van der Waals surface area contributed by atoms with Crippen molar-refractivity contribution in [1.29, 1.82) is 0 Å². The summed E-state index contributed by atoms with van der Waals surface area (Å²) in [5.41, 5.74) is 3.69. The Kier molecular flexibility index (Phi) is 3.34. The van der Waals surface area contributed by atoms with Crippen LogP contribution in [-0.2, 0) is 5.60 Å². The number of para-hydroxylation sites is 2. The van der Waals surface area contributed by atoms with Gasteiger partial charge in [-0.15, -0.1) is 0 Å². The molecule has 108 valence electrons. The fourth-order valence-corrected chi connectivity index (χ4v) is 2.83. The van der Waals surface area contributed by atoms with E-state index in [-0.39, 0.29) is 0 Å². The van der Waals surface area contributed by atoms with E-state index in [1.165, 1.54) is 5.56 Å². The number of aryl methyl sites for hydroxylation is 1. The fraction of sp³-hybridized carbons (Fsp3) is 0.263. The third-order valence-corrected chi connectivity index (χ3v) is 4.36. The first-order valence-electron chi connectivity index (χ1n) is 7.43. The molecule has 0 fully saturated rings. The molecule has 1 N–H and O–H groups in total. The van der Waals surface area contributed by atoms with E-state index < -0.39 is 5.60 Å². The number of benzene rings is 2. The van der Waals surface area contributed by atoms with Gasteiger partial charge in [0.05, 0.1) is 11.1 Å². The molecule has 0 aliphatic carbocycles. The minimum atomic E-state index is -0.812. The van der Waals surface area contributed by atoms with Crippen molar-refractivity contribution in [2.75, 3.05) is 0 Å². The van der Waals surface area contributed by atoms with Gasteiger partial charge in [-0.25, -0.2) is 0 Å². The highest BCUT2D eigenvalue weighted by Crippen LogP contribution is 2.34. The second kappa shape index (κ2) is 5.05. The summed E-state index contributed by atoms with van der Waals surface area (Å²) in [5.74, 6) is 0. The lowest BCUT2D eigenvalue weighted by Gasteiger charge is -2.20. The number of rotatable bonds is 3. The van der Waals surface area contributed by atoms with Gasteiger partial charge < -0.3 is 9.67 Å². The van der Waals surface area contributed by atoms with E-state index >= 15 is 0 Å². The van der Waals surface area contributed by atoms with Crippen LogP contribution in [0.25, 0.3) is 16.6 Å². The van der Waals surface area contributed by atoms with Crippen LogP contribution in [0.2, 0.25) is 0 Å². The molecule has 21 heavy (non-hydrogen) atoms. The molecular formula is C19H21NO. The molecule has 0 aliphatic rings. The van der Waals surface area contributed by atoms with Gasteiger partial charge in [0.15, 0.2) is 0 Å². The summed E-state index contributed by atoms with van der Waals surface area (Å²) in [4.78, 5) is 0. The average Bonchev–Trinajstić information content (AvgIpc) is 2.88. The normalized spacial score (nSPS) is 14.3. The summed E-state index contributed by atoms with van der Waals surface area (Å²) in [5, 5.41) is 11.8. The smallest absolute Gasteiger partial charge is 0.0886 e. The van der Waals surface area contributed by atoms with Gasteiger partial charge in [-0.3, -0.25) is 0 Å². The van der Waals surface area contributed by atoms with Crippen LogP contribution in [-0.4, -0.2) is 9.67 Å². The van der Waals surface area contributed by atoms with Crippen molar-refractivity contribution in [2.45, 2.75) is 32.8 Å². The largest absolute Gasteiger partial charge is 0.385 e. The lowest BCUT2D eigenvalue weighted by atomic mass is 9.93. The van der Waals surface area contributed by atoms with E-state index in [0.717, 1.165) is 22.2 Å². The molecule has 1 heterocycles. The fourth-order valence-electron chi connectivity index (χ4n) is 2.83. The van der Waals surface area contributed by atoms with Crippen LogP contribution in [0.3, 0.4) is 0 Å². The van der Waals surface area contributed by atoms with Crippen molar-refractivity contribution < 1.29 is 5.11 Å². The topological polar surface area (TPSA) is 25.2 Å². The van der Waals surface area contributed by atoms with Gasteiger partial charge in [0.1, 0.15) is 0 Å². The van der Waals surface area contributed by atoms with Gasteiger partial charge in [-0.2, -0.15) is 0 Å². The molecule has 0 bridgehead atoms. The van der Waals surface area contributed by atoms with Crippen LogP contribution < -0.4 is 0 Å². The second-order valence-corrected chi connectivity index (χ2v) is 5.84. The summed E-state index contributed by atoms with van der Waals surface area (Å²) in [6, 6.07) is 16.6. The predicted octanol–water partition coefficient (Wildman–Crippen LogP) is 4.56. The summed E-state index contributed by atoms with van der Waals surface area (Å²) >= 11 is 0. The Hall–Kier alpha value is -2.06. The third kappa shape index (κ3) is 2.26. The number of aromatic nitrogens is 1. The Bertz CT molecular complexity index is 783. The molecule has 0 amide bonds. The van der Waals surface area contributed by atoms with Gasteiger partial charge in [-0.05, 0) is 38.0 Å². The first-order chi connectivity index (χ1) is 10.0. The molecule has 1 atom stereocenters. The Morgan fingerprint density at radius 1 is 1.05 bits per heavy atom. The van der Waals surface area contributed by atoms with Gasteiger partial charge in [-0.1, -0.05) is 43.3 Å². The van der Waals surface area contributed by atoms with E-state index in [1.54, 1.807) is 0 Å². The molecular weight excluding hydrogens is 258 g/mol. The van der Waals surface area contributed by atoms with Crippen molar-refractivity contribution in [3.8, 4) is 5.69 Å². The summed E-state index contributed by atoms with van der Waals surface area (Å²) < 4.78 is 2.18.